The molecule has 0 aromatic carbocycles. The van der Waals surface area contributed by atoms with Crippen LogP contribution in [-0.4, -0.2) is 45.5 Å². The Morgan fingerprint density at radius 1 is 1.38 bits per heavy atom. The van der Waals surface area contributed by atoms with Crippen LogP contribution in [0.4, 0.5) is 0 Å². The first-order valence-electron chi connectivity index (χ1n) is 5.46. The third kappa shape index (κ3) is 3.53. The summed E-state index contributed by atoms with van der Waals surface area (Å²) in [6.07, 6.45) is 1.76. The molecule has 5 heteroatoms. The van der Waals surface area contributed by atoms with Crippen molar-refractivity contribution in [1.82, 2.24) is 9.29 Å². The Bertz CT molecular complexity index is 373. The average molecular weight is 347 g/mol. The molecule has 1 heterocycles. The van der Waals surface area contributed by atoms with Gasteiger partial charge < -0.3 is 0 Å². The first-order valence-corrected chi connectivity index (χ1v) is 16.6. The van der Waals surface area contributed by atoms with Crippen LogP contribution in [-0.2, 0) is 11.0 Å². The molecule has 3 nitrogen and oxygen atoms in total. The van der Waals surface area contributed by atoms with Crippen LogP contribution in [0.5, 0.6) is 0 Å². The molecule has 1 aromatic heterocycles. The van der Waals surface area contributed by atoms with E-state index in [-0.39, 0.29) is 0 Å². The Balaban J connectivity index is 2.91. The minimum atomic E-state index is -2.06. The van der Waals surface area contributed by atoms with Crippen molar-refractivity contribution in [3.8, 4) is 0 Å². The van der Waals surface area contributed by atoms with Crippen LogP contribution >= 0.6 is 0 Å². The van der Waals surface area contributed by atoms with Gasteiger partial charge in [0.25, 0.3) is 0 Å². The zero-order valence-electron chi connectivity index (χ0n) is 10.7. The fourth-order valence-corrected chi connectivity index (χ4v) is 5.10. The van der Waals surface area contributed by atoms with Gasteiger partial charge in [-0.05, 0) is 0 Å². The normalized spacial score (nSPS) is 14.1. The first-order chi connectivity index (χ1) is 7.36. The molecule has 0 amide bonds. The van der Waals surface area contributed by atoms with Gasteiger partial charge in [0.1, 0.15) is 0 Å². The molecule has 0 aliphatic rings. The van der Waals surface area contributed by atoms with Crippen molar-refractivity contribution >= 4 is 33.1 Å². The molecular weight excluding hydrogens is 327 g/mol. The van der Waals surface area contributed by atoms with Crippen LogP contribution < -0.4 is 3.71 Å². The van der Waals surface area contributed by atoms with Crippen molar-refractivity contribution in [2.24, 2.45) is 0 Å². The van der Waals surface area contributed by atoms with Gasteiger partial charge in [-0.1, -0.05) is 0 Å². The Morgan fingerprint density at radius 3 is 2.38 bits per heavy atom. The number of nitrogens with zero attached hydrogens (tertiary/aromatic N) is 2. The first kappa shape index (κ1) is 14.1. The predicted molar refractivity (Wildman–Crippen MR) is 71.9 cm³/mol. The monoisotopic (exact) mass is 348 g/mol. The molecule has 0 radical (unpaired) electrons. The zero-order chi connectivity index (χ0) is 12.3. The van der Waals surface area contributed by atoms with Gasteiger partial charge in [-0.15, -0.1) is 0 Å². The molecule has 0 aliphatic heterocycles. The molecule has 0 fully saturated rings. The van der Waals surface area contributed by atoms with E-state index in [9.17, 15) is 4.21 Å². The molecule has 0 aliphatic carbocycles. The van der Waals surface area contributed by atoms with E-state index >= 15 is 0 Å². The van der Waals surface area contributed by atoms with Gasteiger partial charge in [0.2, 0.25) is 0 Å². The fourth-order valence-electron chi connectivity index (χ4n) is 1.22. The molecule has 0 bridgehead atoms. The van der Waals surface area contributed by atoms with Crippen molar-refractivity contribution in [3.05, 3.63) is 18.3 Å². The van der Waals surface area contributed by atoms with E-state index in [0.29, 0.717) is 0 Å². The van der Waals surface area contributed by atoms with E-state index in [0.717, 1.165) is 11.4 Å². The quantitative estimate of drug-likeness (QED) is 0.776. The van der Waals surface area contributed by atoms with E-state index in [1.165, 1.54) is 3.71 Å². The van der Waals surface area contributed by atoms with E-state index in [4.69, 9.17) is 0 Å². The van der Waals surface area contributed by atoms with Crippen LogP contribution in [0.3, 0.4) is 0 Å². The predicted octanol–water partition coefficient (Wildman–Crippen LogP) is 1.60. The second-order valence-electron chi connectivity index (χ2n) is 4.82. The van der Waals surface area contributed by atoms with Crippen LogP contribution in [0.2, 0.25) is 14.8 Å². The van der Waals surface area contributed by atoms with Crippen molar-refractivity contribution in [1.29, 1.82) is 0 Å². The molecule has 16 heavy (non-hydrogen) atoms. The van der Waals surface area contributed by atoms with Crippen LogP contribution in [0.25, 0.3) is 0 Å². The van der Waals surface area contributed by atoms with E-state index in [2.05, 4.69) is 19.8 Å². The summed E-state index contributed by atoms with van der Waals surface area (Å²) >= 11 is -2.06. The zero-order valence-corrected chi connectivity index (χ0v) is 14.3. The SMILES string of the molecule is CCN(C)S(=O)c1cc[c]([Sn]([CH3])([CH3])[CH3])nc1. The van der Waals surface area contributed by atoms with Crippen molar-refractivity contribution in [2.45, 2.75) is 26.6 Å². The van der Waals surface area contributed by atoms with Crippen molar-refractivity contribution in [3.63, 3.8) is 0 Å². The molecule has 1 aromatic rings. The number of hydrogen-bond acceptors (Lipinski definition) is 2. The van der Waals surface area contributed by atoms with Crippen LogP contribution in [0.15, 0.2) is 23.2 Å². The number of rotatable bonds is 4. The second kappa shape index (κ2) is 5.60. The van der Waals surface area contributed by atoms with Gasteiger partial charge in [-0.2, -0.15) is 0 Å². The number of aromatic nitrogens is 1. The summed E-state index contributed by atoms with van der Waals surface area (Å²) in [5, 5.41) is 0. The molecule has 0 spiro atoms. The average Bonchev–Trinajstić information content (AvgIpc) is 2.26. The van der Waals surface area contributed by atoms with Crippen LogP contribution in [0.1, 0.15) is 6.92 Å². The van der Waals surface area contributed by atoms with Gasteiger partial charge in [0, 0.05) is 0 Å². The van der Waals surface area contributed by atoms with Crippen molar-refractivity contribution < 1.29 is 4.21 Å². The maximum absolute atomic E-state index is 12.0. The van der Waals surface area contributed by atoms with E-state index in [1.54, 1.807) is 10.5 Å². The Labute approximate surface area is 105 Å². The van der Waals surface area contributed by atoms with E-state index in [1.807, 2.05) is 26.1 Å². The Kier molecular flexibility index (Phi) is 4.94. The topological polar surface area (TPSA) is 33.2 Å². The van der Waals surface area contributed by atoms with Crippen molar-refractivity contribution in [2.75, 3.05) is 13.6 Å². The summed E-state index contributed by atoms with van der Waals surface area (Å²) in [5.41, 5.74) is 0. The fraction of sp³-hybridized carbons (Fsp3) is 0.545. The number of pyridine rings is 1. The standard InChI is InChI=1S/C8H11N2OS.3CH3.Sn/c1-3-10(2)12(11)8-5-4-6-9-7-8;;;;/h4-5,7H,3H2,1-2H3;3*1H3;. The van der Waals surface area contributed by atoms with Gasteiger partial charge in [-0.25, -0.2) is 0 Å². The Hall–Kier alpha value is 0.0587. The number of hydrogen-bond donors (Lipinski definition) is 0. The summed E-state index contributed by atoms with van der Waals surface area (Å²) in [5.74, 6) is 0. The Morgan fingerprint density at radius 2 is 2.00 bits per heavy atom. The molecule has 1 rings (SSSR count). The summed E-state index contributed by atoms with van der Waals surface area (Å²) in [6, 6.07) is 4.00. The minimum absolute atomic E-state index is 0.771. The summed E-state index contributed by atoms with van der Waals surface area (Å²) in [4.78, 5) is 12.2. The van der Waals surface area contributed by atoms with Gasteiger partial charge in [0.15, 0.2) is 0 Å². The molecule has 90 valence electrons. The summed E-state index contributed by atoms with van der Waals surface area (Å²) in [6.45, 7) is 2.76. The van der Waals surface area contributed by atoms with Crippen LogP contribution in [0, 0.1) is 0 Å². The molecule has 0 N–H and O–H groups in total. The second-order valence-corrected chi connectivity index (χ2v) is 20.7. The molecule has 0 saturated carbocycles. The van der Waals surface area contributed by atoms with Gasteiger partial charge in [-0.3, -0.25) is 0 Å². The van der Waals surface area contributed by atoms with Gasteiger partial charge >= 0.3 is 105 Å². The third-order valence-corrected chi connectivity index (χ3v) is 9.13. The van der Waals surface area contributed by atoms with E-state index < -0.39 is 29.4 Å². The van der Waals surface area contributed by atoms with Gasteiger partial charge in [0.05, 0.1) is 0 Å². The molecule has 1 unspecified atom stereocenters. The molecule has 0 saturated heterocycles. The third-order valence-electron chi connectivity index (χ3n) is 2.43. The maximum atomic E-state index is 12.0. The summed E-state index contributed by atoms with van der Waals surface area (Å²) in [7, 11) is 0.785. The summed E-state index contributed by atoms with van der Waals surface area (Å²) < 4.78 is 15.0. The molecule has 1 atom stereocenters. The molecular formula is C11H20N2OSSn.